The van der Waals surface area contributed by atoms with Crippen molar-refractivity contribution in [3.63, 3.8) is 0 Å². The number of pyridine rings is 2. The van der Waals surface area contributed by atoms with Gasteiger partial charge in [0.25, 0.3) is 0 Å². The first kappa shape index (κ1) is 16.3. The van der Waals surface area contributed by atoms with Crippen molar-refractivity contribution in [1.82, 2.24) is 15.0 Å². The highest BCUT2D eigenvalue weighted by Gasteiger charge is 2.05. The van der Waals surface area contributed by atoms with Crippen molar-refractivity contribution >= 4 is 28.7 Å². The molecule has 0 fully saturated rings. The van der Waals surface area contributed by atoms with Crippen molar-refractivity contribution in [2.45, 2.75) is 26.2 Å². The van der Waals surface area contributed by atoms with E-state index < -0.39 is 0 Å². The van der Waals surface area contributed by atoms with Gasteiger partial charge < -0.3 is 10.7 Å². The van der Waals surface area contributed by atoms with Gasteiger partial charge in [0, 0.05) is 29.9 Å². The van der Waals surface area contributed by atoms with Crippen LogP contribution < -0.4 is 5.32 Å². The minimum absolute atomic E-state index is 0.666. The Labute approximate surface area is 145 Å². The molecule has 3 heterocycles. The first-order valence-corrected chi connectivity index (χ1v) is 8.77. The van der Waals surface area contributed by atoms with Gasteiger partial charge in [0.05, 0.1) is 0 Å². The minimum Gasteiger partial charge on any atom is -0.325 e. The largest absolute Gasteiger partial charge is 0.325 e. The Hall–Kier alpha value is -2.60. The molecule has 0 aromatic carbocycles. The lowest BCUT2D eigenvalue weighted by Crippen LogP contribution is -2.02. The van der Waals surface area contributed by atoms with Crippen LogP contribution in [0.1, 0.15) is 25.3 Å². The van der Waals surface area contributed by atoms with Crippen molar-refractivity contribution in [1.29, 1.82) is 5.41 Å². The normalized spacial score (nSPS) is 10.5. The molecule has 24 heavy (non-hydrogen) atoms. The van der Waals surface area contributed by atoms with E-state index in [0.717, 1.165) is 46.5 Å². The number of thiazole rings is 1. The highest BCUT2D eigenvalue weighted by Crippen LogP contribution is 2.22. The van der Waals surface area contributed by atoms with Crippen molar-refractivity contribution in [3.05, 3.63) is 53.7 Å². The van der Waals surface area contributed by atoms with E-state index in [9.17, 15) is 0 Å². The van der Waals surface area contributed by atoms with E-state index in [1.54, 1.807) is 17.5 Å². The van der Waals surface area contributed by atoms with Crippen LogP contribution in [0.5, 0.6) is 0 Å². The predicted octanol–water partition coefficient (Wildman–Crippen LogP) is 4.71. The first-order chi connectivity index (χ1) is 11.7. The number of aromatic nitrogens is 3. The Balaban J connectivity index is 1.68. The summed E-state index contributed by atoms with van der Waals surface area (Å²) in [6, 6.07) is 9.73. The molecule has 0 aliphatic carbocycles. The van der Waals surface area contributed by atoms with Gasteiger partial charge in [0.2, 0.25) is 0 Å². The molecule has 0 spiro atoms. The summed E-state index contributed by atoms with van der Waals surface area (Å²) >= 11 is 1.57. The maximum absolute atomic E-state index is 7.89. The summed E-state index contributed by atoms with van der Waals surface area (Å²) in [5, 5.41) is 13.9. The fraction of sp³-hybridized carbons (Fsp3) is 0.222. The summed E-state index contributed by atoms with van der Waals surface area (Å²) in [5.74, 6) is 1.48. The highest BCUT2D eigenvalue weighted by atomic mass is 32.1. The number of hydrogen-bond donors (Lipinski definition) is 2. The maximum atomic E-state index is 7.89. The SMILES string of the molecule is CCCC(=N)Cc1ccc(Nc2cccc(-c3nccs3)n2)nc1. The summed E-state index contributed by atoms with van der Waals surface area (Å²) in [7, 11) is 0. The molecule has 122 valence electrons. The summed E-state index contributed by atoms with van der Waals surface area (Å²) < 4.78 is 0. The predicted molar refractivity (Wildman–Crippen MR) is 99.2 cm³/mol. The molecule has 3 aromatic rings. The monoisotopic (exact) mass is 337 g/mol. The average Bonchev–Trinajstić information content (AvgIpc) is 3.12. The third-order valence-electron chi connectivity index (χ3n) is 3.45. The van der Waals surface area contributed by atoms with Crippen LogP contribution in [0, 0.1) is 5.41 Å². The number of nitrogens with zero attached hydrogens (tertiary/aromatic N) is 3. The van der Waals surface area contributed by atoms with Crippen LogP contribution >= 0.6 is 11.3 Å². The molecule has 0 radical (unpaired) electrons. The minimum atomic E-state index is 0.666. The summed E-state index contributed by atoms with van der Waals surface area (Å²) in [5.41, 5.74) is 2.65. The zero-order valence-electron chi connectivity index (χ0n) is 13.5. The fourth-order valence-corrected chi connectivity index (χ4v) is 2.95. The topological polar surface area (TPSA) is 74.6 Å². The fourth-order valence-electron chi connectivity index (χ4n) is 2.34. The van der Waals surface area contributed by atoms with Crippen LogP contribution in [0.15, 0.2) is 48.1 Å². The van der Waals surface area contributed by atoms with E-state index in [1.165, 1.54) is 0 Å². The van der Waals surface area contributed by atoms with Crippen LogP contribution in [0.3, 0.4) is 0 Å². The van der Waals surface area contributed by atoms with Gasteiger partial charge in [-0.1, -0.05) is 25.5 Å². The van der Waals surface area contributed by atoms with E-state index in [0.29, 0.717) is 6.42 Å². The van der Waals surface area contributed by atoms with E-state index in [2.05, 4.69) is 27.2 Å². The van der Waals surface area contributed by atoms with Gasteiger partial charge in [0.15, 0.2) is 0 Å². The van der Waals surface area contributed by atoms with Gasteiger partial charge in [-0.2, -0.15) is 0 Å². The Kier molecular flexibility index (Phi) is 5.28. The second-order valence-electron chi connectivity index (χ2n) is 5.45. The number of nitrogens with one attached hydrogen (secondary N) is 2. The molecular formula is C18H19N5S. The third-order valence-corrected chi connectivity index (χ3v) is 4.25. The lowest BCUT2D eigenvalue weighted by atomic mass is 10.1. The Morgan fingerprint density at radius 1 is 1.17 bits per heavy atom. The first-order valence-electron chi connectivity index (χ1n) is 7.90. The lowest BCUT2D eigenvalue weighted by Gasteiger charge is -2.07. The average molecular weight is 337 g/mol. The van der Waals surface area contributed by atoms with Crippen LogP contribution in [0.2, 0.25) is 0 Å². The van der Waals surface area contributed by atoms with E-state index >= 15 is 0 Å². The molecule has 0 amide bonds. The van der Waals surface area contributed by atoms with Gasteiger partial charge >= 0.3 is 0 Å². The smallest absolute Gasteiger partial charge is 0.141 e. The molecule has 3 rings (SSSR count). The second-order valence-corrected chi connectivity index (χ2v) is 6.35. The summed E-state index contributed by atoms with van der Waals surface area (Å²) in [6.07, 6.45) is 6.11. The van der Waals surface area contributed by atoms with E-state index in [4.69, 9.17) is 5.41 Å². The number of anilines is 2. The number of hydrogen-bond acceptors (Lipinski definition) is 6. The molecule has 2 N–H and O–H groups in total. The van der Waals surface area contributed by atoms with Crippen LogP contribution in [0.4, 0.5) is 11.6 Å². The van der Waals surface area contributed by atoms with Gasteiger partial charge in [0.1, 0.15) is 22.3 Å². The van der Waals surface area contributed by atoms with Gasteiger partial charge in [-0.25, -0.2) is 15.0 Å². The van der Waals surface area contributed by atoms with Gasteiger partial charge in [-0.3, -0.25) is 0 Å². The number of rotatable bonds is 7. The molecule has 0 saturated carbocycles. The molecule has 0 unspecified atom stereocenters. The van der Waals surface area contributed by atoms with Crippen molar-refractivity contribution < 1.29 is 0 Å². The molecule has 0 bridgehead atoms. The summed E-state index contributed by atoms with van der Waals surface area (Å²) in [6.45, 7) is 2.09. The molecule has 0 saturated heterocycles. The standard InChI is InChI=1S/C18H19N5S/c1-2-4-14(19)11-13-7-8-16(21-12-13)23-17-6-3-5-15(22-17)18-20-9-10-24-18/h3,5-10,12,19H,2,4,11H2,1H3,(H,21,22,23). The molecule has 0 aliphatic rings. The summed E-state index contributed by atoms with van der Waals surface area (Å²) in [4.78, 5) is 13.3. The lowest BCUT2D eigenvalue weighted by molar-refractivity contribution is 0.963. The Morgan fingerprint density at radius 3 is 2.79 bits per heavy atom. The van der Waals surface area contributed by atoms with Crippen molar-refractivity contribution in [2.24, 2.45) is 0 Å². The van der Waals surface area contributed by atoms with Crippen LogP contribution in [-0.4, -0.2) is 20.7 Å². The van der Waals surface area contributed by atoms with E-state index in [-0.39, 0.29) is 0 Å². The van der Waals surface area contributed by atoms with Crippen molar-refractivity contribution in [2.75, 3.05) is 5.32 Å². The zero-order chi connectivity index (χ0) is 16.8. The zero-order valence-corrected chi connectivity index (χ0v) is 14.3. The molecule has 0 aliphatic heterocycles. The molecule has 3 aromatic heterocycles. The van der Waals surface area contributed by atoms with Gasteiger partial charge in [-0.15, -0.1) is 11.3 Å². The van der Waals surface area contributed by atoms with Crippen molar-refractivity contribution in [3.8, 4) is 10.7 Å². The van der Waals surface area contributed by atoms with Crippen LogP contribution in [-0.2, 0) is 6.42 Å². The van der Waals surface area contributed by atoms with Gasteiger partial charge in [-0.05, 0) is 30.2 Å². The third kappa shape index (κ3) is 4.23. The maximum Gasteiger partial charge on any atom is 0.141 e. The van der Waals surface area contributed by atoms with Crippen LogP contribution in [0.25, 0.3) is 10.7 Å². The Bertz CT molecular complexity index is 797. The molecular weight excluding hydrogens is 318 g/mol. The molecule has 5 nitrogen and oxygen atoms in total. The van der Waals surface area contributed by atoms with E-state index in [1.807, 2.05) is 41.9 Å². The Morgan fingerprint density at radius 2 is 2.08 bits per heavy atom. The molecule has 6 heteroatoms. The quantitative estimate of drug-likeness (QED) is 0.612. The second kappa shape index (κ2) is 7.79. The molecule has 0 atom stereocenters. The highest BCUT2D eigenvalue weighted by molar-refractivity contribution is 7.13.